The predicted octanol–water partition coefficient (Wildman–Crippen LogP) is 1.90. The number of hydrogen-bond acceptors (Lipinski definition) is 4. The number of ether oxygens (including phenoxy) is 1. The number of rotatable bonds is 7. The zero-order valence-electron chi connectivity index (χ0n) is 12.9. The highest BCUT2D eigenvalue weighted by atomic mass is 16.5. The van der Waals surface area contributed by atoms with Crippen LogP contribution in [0.3, 0.4) is 0 Å². The van der Waals surface area contributed by atoms with E-state index in [-0.39, 0.29) is 12.0 Å². The minimum Gasteiger partial charge on any atom is -0.468 e. The van der Waals surface area contributed by atoms with Gasteiger partial charge in [-0.3, -0.25) is 4.79 Å². The van der Waals surface area contributed by atoms with Gasteiger partial charge < -0.3 is 15.0 Å². The molecule has 1 fully saturated rings. The monoisotopic (exact) mass is 270 g/mol. The number of methoxy groups -OCH3 is 1. The third-order valence-electron chi connectivity index (χ3n) is 4.28. The number of carbonyl (C=O) groups excluding carboxylic acids is 1. The lowest BCUT2D eigenvalue weighted by Gasteiger charge is -2.35. The molecule has 1 N–H and O–H groups in total. The summed E-state index contributed by atoms with van der Waals surface area (Å²) in [5, 5.41) is 3.28. The average Bonchev–Trinajstić information content (AvgIpc) is 2.42. The van der Waals surface area contributed by atoms with Crippen LogP contribution in [0.25, 0.3) is 0 Å². The molecule has 1 aliphatic rings. The van der Waals surface area contributed by atoms with Crippen LogP contribution in [0.2, 0.25) is 0 Å². The van der Waals surface area contributed by atoms with E-state index in [1.807, 2.05) is 0 Å². The van der Waals surface area contributed by atoms with E-state index >= 15 is 0 Å². The molecule has 0 aromatic rings. The van der Waals surface area contributed by atoms with Crippen LogP contribution in [0.15, 0.2) is 0 Å². The van der Waals surface area contributed by atoms with Gasteiger partial charge in [0.25, 0.3) is 0 Å². The molecule has 0 spiro atoms. The van der Waals surface area contributed by atoms with Crippen LogP contribution in [-0.2, 0) is 9.53 Å². The predicted molar refractivity (Wildman–Crippen MR) is 78.1 cm³/mol. The fraction of sp³-hybridized carbons (Fsp3) is 0.933. The lowest BCUT2D eigenvalue weighted by molar-refractivity contribution is -0.143. The zero-order chi connectivity index (χ0) is 14.3. The first kappa shape index (κ1) is 16.4. The number of piperidine rings is 1. The van der Waals surface area contributed by atoms with Crippen LogP contribution in [-0.4, -0.2) is 50.2 Å². The molecule has 0 bridgehead atoms. The van der Waals surface area contributed by atoms with E-state index in [0.717, 1.165) is 50.9 Å². The largest absolute Gasteiger partial charge is 0.468 e. The highest BCUT2D eigenvalue weighted by Crippen LogP contribution is 2.22. The van der Waals surface area contributed by atoms with Crippen molar-refractivity contribution in [3.05, 3.63) is 0 Å². The maximum absolute atomic E-state index is 11.7. The first-order valence-electron chi connectivity index (χ1n) is 7.62. The molecular weight excluding hydrogens is 240 g/mol. The van der Waals surface area contributed by atoms with Crippen molar-refractivity contribution < 1.29 is 9.53 Å². The van der Waals surface area contributed by atoms with Crippen molar-refractivity contribution in [2.45, 2.75) is 46.1 Å². The van der Waals surface area contributed by atoms with Crippen molar-refractivity contribution >= 4 is 5.97 Å². The fourth-order valence-electron chi connectivity index (χ4n) is 2.63. The van der Waals surface area contributed by atoms with Crippen molar-refractivity contribution in [2.75, 3.05) is 33.3 Å². The summed E-state index contributed by atoms with van der Waals surface area (Å²) in [6.45, 7) is 10.9. The topological polar surface area (TPSA) is 41.6 Å². The van der Waals surface area contributed by atoms with Crippen LogP contribution in [0.1, 0.15) is 40.0 Å². The Morgan fingerprint density at radius 3 is 2.74 bits per heavy atom. The lowest BCUT2D eigenvalue weighted by Crippen LogP contribution is -2.44. The summed E-state index contributed by atoms with van der Waals surface area (Å²) in [7, 11) is 1.47. The number of nitrogens with zero attached hydrogens (tertiary/aromatic N) is 1. The number of carbonyl (C=O) groups is 1. The molecule has 4 nitrogen and oxygen atoms in total. The smallest absolute Gasteiger partial charge is 0.322 e. The maximum Gasteiger partial charge on any atom is 0.322 e. The van der Waals surface area contributed by atoms with Gasteiger partial charge in [-0.2, -0.15) is 0 Å². The van der Waals surface area contributed by atoms with Gasteiger partial charge in [0.15, 0.2) is 0 Å². The lowest BCUT2D eigenvalue weighted by atomic mass is 9.88. The SMILES string of the molecule is CCCNC(CCN1CCC(C)C(C)C1)C(=O)OC. The molecule has 1 saturated heterocycles. The Bertz CT molecular complexity index is 271. The van der Waals surface area contributed by atoms with Gasteiger partial charge in [-0.15, -0.1) is 0 Å². The molecule has 0 amide bonds. The second kappa shape index (κ2) is 8.54. The zero-order valence-corrected chi connectivity index (χ0v) is 12.9. The first-order chi connectivity index (χ1) is 9.08. The Hall–Kier alpha value is -0.610. The minimum atomic E-state index is -0.153. The summed E-state index contributed by atoms with van der Waals surface area (Å²) < 4.78 is 4.87. The van der Waals surface area contributed by atoms with Crippen LogP contribution < -0.4 is 5.32 Å². The van der Waals surface area contributed by atoms with Gasteiger partial charge >= 0.3 is 5.97 Å². The van der Waals surface area contributed by atoms with Crippen molar-refractivity contribution in [3.8, 4) is 0 Å². The van der Waals surface area contributed by atoms with Gasteiger partial charge in [0.05, 0.1) is 7.11 Å². The van der Waals surface area contributed by atoms with Gasteiger partial charge in [0.1, 0.15) is 6.04 Å². The Kier molecular flexibility index (Phi) is 7.39. The highest BCUT2D eigenvalue weighted by molar-refractivity contribution is 5.75. The molecule has 0 saturated carbocycles. The van der Waals surface area contributed by atoms with E-state index < -0.39 is 0 Å². The first-order valence-corrected chi connectivity index (χ1v) is 7.62. The van der Waals surface area contributed by atoms with Crippen molar-refractivity contribution in [1.82, 2.24) is 10.2 Å². The van der Waals surface area contributed by atoms with Crippen LogP contribution in [0.4, 0.5) is 0 Å². The van der Waals surface area contributed by atoms with Crippen molar-refractivity contribution in [1.29, 1.82) is 0 Å². The van der Waals surface area contributed by atoms with Gasteiger partial charge in [-0.1, -0.05) is 20.8 Å². The van der Waals surface area contributed by atoms with Gasteiger partial charge in [-0.25, -0.2) is 0 Å². The molecule has 0 aromatic carbocycles. The summed E-state index contributed by atoms with van der Waals surface area (Å²) >= 11 is 0. The molecule has 4 heteroatoms. The minimum absolute atomic E-state index is 0.133. The highest BCUT2D eigenvalue weighted by Gasteiger charge is 2.24. The Morgan fingerprint density at radius 2 is 2.16 bits per heavy atom. The summed E-state index contributed by atoms with van der Waals surface area (Å²) in [6, 6.07) is -0.153. The second-order valence-corrected chi connectivity index (χ2v) is 5.86. The average molecular weight is 270 g/mol. The van der Waals surface area contributed by atoms with Crippen molar-refractivity contribution in [2.24, 2.45) is 11.8 Å². The molecular formula is C15H30N2O2. The molecule has 0 aliphatic carbocycles. The molecule has 1 rings (SSSR count). The van der Waals surface area contributed by atoms with Crippen LogP contribution in [0, 0.1) is 11.8 Å². The van der Waals surface area contributed by atoms with Crippen LogP contribution >= 0.6 is 0 Å². The molecule has 112 valence electrons. The van der Waals surface area contributed by atoms with E-state index in [9.17, 15) is 4.79 Å². The molecule has 1 aliphatic heterocycles. The quantitative estimate of drug-likeness (QED) is 0.717. The molecule has 1 heterocycles. The number of hydrogen-bond donors (Lipinski definition) is 1. The van der Waals surface area contributed by atoms with Crippen molar-refractivity contribution in [3.63, 3.8) is 0 Å². The Labute approximate surface area is 117 Å². The third-order valence-corrected chi connectivity index (χ3v) is 4.28. The fourth-order valence-corrected chi connectivity index (χ4v) is 2.63. The third kappa shape index (κ3) is 5.49. The van der Waals surface area contributed by atoms with E-state index in [0.29, 0.717) is 0 Å². The molecule has 3 unspecified atom stereocenters. The standard InChI is InChI=1S/C15H30N2O2/c1-5-8-16-14(15(18)19-4)7-10-17-9-6-12(2)13(3)11-17/h12-14,16H,5-11H2,1-4H3. The van der Waals surface area contributed by atoms with Gasteiger partial charge in [-0.05, 0) is 44.2 Å². The maximum atomic E-state index is 11.7. The Morgan fingerprint density at radius 1 is 1.42 bits per heavy atom. The molecule has 0 radical (unpaired) electrons. The van der Waals surface area contributed by atoms with E-state index in [1.54, 1.807) is 0 Å². The van der Waals surface area contributed by atoms with E-state index in [4.69, 9.17) is 4.74 Å². The molecule has 0 aromatic heterocycles. The van der Waals surface area contributed by atoms with Crippen LogP contribution in [0.5, 0.6) is 0 Å². The molecule has 19 heavy (non-hydrogen) atoms. The number of likely N-dealkylation sites (tertiary alicyclic amines) is 1. The molecule has 3 atom stereocenters. The van der Waals surface area contributed by atoms with Gasteiger partial charge in [0.2, 0.25) is 0 Å². The Balaban J connectivity index is 2.36. The number of nitrogens with one attached hydrogen (secondary N) is 1. The van der Waals surface area contributed by atoms with Gasteiger partial charge in [0, 0.05) is 13.1 Å². The summed E-state index contributed by atoms with van der Waals surface area (Å²) in [6.07, 6.45) is 3.14. The van der Waals surface area contributed by atoms with E-state index in [2.05, 4.69) is 31.0 Å². The van der Waals surface area contributed by atoms with E-state index in [1.165, 1.54) is 13.5 Å². The normalized spacial score (nSPS) is 26.1. The second-order valence-electron chi connectivity index (χ2n) is 5.86. The summed E-state index contributed by atoms with van der Waals surface area (Å²) in [4.78, 5) is 14.2. The summed E-state index contributed by atoms with van der Waals surface area (Å²) in [5.74, 6) is 1.45. The summed E-state index contributed by atoms with van der Waals surface area (Å²) in [5.41, 5.74) is 0. The number of esters is 1.